The van der Waals surface area contributed by atoms with Gasteiger partial charge in [0.2, 0.25) is 17.6 Å². The molecule has 3 rings (SSSR count). The topological polar surface area (TPSA) is 104 Å². The molecule has 0 aliphatic carbocycles. The normalized spacial score (nSPS) is 13.3. The van der Waals surface area contributed by atoms with Gasteiger partial charge < -0.3 is 1.43 Å². The number of hydrogen-bond donors (Lipinski definition) is 2. The molecule has 0 saturated carbocycles. The minimum Gasteiger partial charge on any atom is -1.00 e. The van der Waals surface area contributed by atoms with E-state index >= 15 is 0 Å². The average molecular weight is 312 g/mol. The fraction of sp³-hybridized carbons (Fsp3) is 0.250. The second-order valence-corrected chi connectivity index (χ2v) is 4.40. The number of rotatable bonds is 4. The summed E-state index contributed by atoms with van der Waals surface area (Å²) < 4.78 is 0. The van der Waals surface area contributed by atoms with Crippen molar-refractivity contribution < 1.29 is 62.4 Å². The van der Waals surface area contributed by atoms with Crippen molar-refractivity contribution in [1.82, 2.24) is 31.1 Å². The Hall–Kier alpha value is -1.13. The van der Waals surface area contributed by atoms with E-state index in [1.165, 1.54) is 5.01 Å². The number of aromatic amines is 1. The third kappa shape index (κ3) is 3.74. The number of carbonyl (C=O) groups is 2. The number of nitrogens with zero attached hydrogens (tertiary/aromatic N) is 4. The van der Waals surface area contributed by atoms with E-state index in [4.69, 9.17) is 0 Å². The van der Waals surface area contributed by atoms with Crippen LogP contribution in [0.2, 0.25) is 0 Å². The summed E-state index contributed by atoms with van der Waals surface area (Å²) in [5.41, 5.74) is 4.09. The van der Waals surface area contributed by atoms with Crippen LogP contribution in [-0.2, 0) is 16.0 Å². The minimum atomic E-state index is -0.242. The number of amides is 2. The van der Waals surface area contributed by atoms with Gasteiger partial charge in [0.15, 0.2) is 0 Å². The number of nitrogens with one attached hydrogen (secondary N) is 2. The van der Waals surface area contributed by atoms with Gasteiger partial charge in [-0.05, 0) is 10.8 Å². The molecular weight excluding hydrogens is 299 g/mol. The molecule has 1 saturated heterocycles. The molecule has 104 valence electrons. The summed E-state index contributed by atoms with van der Waals surface area (Å²) >= 11 is 0. The SMILES string of the molecule is O=C(Cc1ccccc1-c1nn[nH]n1)NN1CCC1=O.[H-].[K+]. The first-order valence-corrected chi connectivity index (χ1v) is 6.15. The monoisotopic (exact) mass is 312 g/mol. The van der Waals surface area contributed by atoms with E-state index < -0.39 is 0 Å². The van der Waals surface area contributed by atoms with E-state index in [0.29, 0.717) is 18.8 Å². The van der Waals surface area contributed by atoms with Gasteiger partial charge in [-0.25, -0.2) is 0 Å². The van der Waals surface area contributed by atoms with Gasteiger partial charge in [-0.3, -0.25) is 20.0 Å². The molecule has 1 aliphatic heterocycles. The minimum absolute atomic E-state index is 0. The molecule has 1 aromatic heterocycles. The zero-order valence-corrected chi connectivity index (χ0v) is 14.7. The predicted octanol–water partition coefficient (Wildman–Crippen LogP) is -3.21. The van der Waals surface area contributed by atoms with Crippen LogP contribution in [0.25, 0.3) is 11.4 Å². The first kappa shape index (κ1) is 16.2. The van der Waals surface area contributed by atoms with E-state index in [1.807, 2.05) is 24.3 Å². The van der Waals surface area contributed by atoms with Gasteiger partial charge in [0.25, 0.3) is 0 Å². The summed E-state index contributed by atoms with van der Waals surface area (Å²) in [5.74, 6) is 0.132. The van der Waals surface area contributed by atoms with E-state index in [9.17, 15) is 9.59 Å². The van der Waals surface area contributed by atoms with Crippen molar-refractivity contribution in [3.05, 3.63) is 29.8 Å². The molecule has 8 nitrogen and oxygen atoms in total. The Bertz CT molecular complexity index is 651. The van der Waals surface area contributed by atoms with Crippen LogP contribution in [0.1, 0.15) is 13.4 Å². The van der Waals surface area contributed by atoms with E-state index in [1.54, 1.807) is 0 Å². The van der Waals surface area contributed by atoms with Crippen LogP contribution in [0.4, 0.5) is 0 Å². The molecule has 0 radical (unpaired) electrons. The van der Waals surface area contributed by atoms with Gasteiger partial charge >= 0.3 is 51.4 Å². The van der Waals surface area contributed by atoms with Gasteiger partial charge in [0.05, 0.1) is 13.0 Å². The second-order valence-electron chi connectivity index (χ2n) is 4.40. The Kier molecular flexibility index (Phi) is 5.59. The van der Waals surface area contributed by atoms with Crippen LogP contribution in [0.15, 0.2) is 24.3 Å². The maximum atomic E-state index is 11.9. The third-order valence-corrected chi connectivity index (χ3v) is 3.06. The molecule has 21 heavy (non-hydrogen) atoms. The van der Waals surface area contributed by atoms with Gasteiger partial charge in [0, 0.05) is 12.0 Å². The Balaban J connectivity index is 0.00000121. The van der Waals surface area contributed by atoms with Crippen molar-refractivity contribution >= 4 is 11.8 Å². The zero-order valence-electron chi connectivity index (χ0n) is 12.5. The molecule has 1 aromatic carbocycles. The third-order valence-electron chi connectivity index (χ3n) is 3.06. The molecule has 1 fully saturated rings. The average Bonchev–Trinajstić information content (AvgIpc) is 2.98. The quantitative estimate of drug-likeness (QED) is 0.457. The van der Waals surface area contributed by atoms with E-state index in [-0.39, 0.29) is 71.0 Å². The first-order chi connectivity index (χ1) is 9.74. The number of aromatic nitrogens is 4. The number of H-pyrrole nitrogens is 1. The standard InChI is InChI=1S/C12H12N6O2.K.H/c19-10(15-18-6-5-11(18)20)7-8-3-1-2-4-9(8)12-13-16-17-14-12;;/h1-4H,5-7H2,(H,15,19)(H,13,14,16,17);;/q;+1;-1. The number of benzene rings is 1. The summed E-state index contributed by atoms with van der Waals surface area (Å²) in [4.78, 5) is 23.1. The van der Waals surface area contributed by atoms with Crippen LogP contribution in [0.5, 0.6) is 0 Å². The Morgan fingerprint density at radius 3 is 2.86 bits per heavy atom. The van der Waals surface area contributed by atoms with E-state index in [0.717, 1.165) is 11.1 Å². The smallest absolute Gasteiger partial charge is 1.00 e. The molecule has 0 spiro atoms. The zero-order chi connectivity index (χ0) is 13.9. The molecule has 0 unspecified atom stereocenters. The maximum Gasteiger partial charge on any atom is 1.00 e. The summed E-state index contributed by atoms with van der Waals surface area (Å²) in [5, 5.41) is 15.0. The van der Waals surface area contributed by atoms with Gasteiger partial charge in [-0.1, -0.05) is 24.3 Å². The van der Waals surface area contributed by atoms with Gasteiger partial charge in [-0.15, -0.1) is 10.2 Å². The van der Waals surface area contributed by atoms with Crippen molar-refractivity contribution in [2.75, 3.05) is 6.54 Å². The molecule has 0 atom stereocenters. The van der Waals surface area contributed by atoms with Crippen molar-refractivity contribution in [3.8, 4) is 11.4 Å². The molecule has 9 heteroatoms. The predicted molar refractivity (Wildman–Crippen MR) is 68.9 cm³/mol. The number of carbonyl (C=O) groups excluding carboxylic acids is 2. The van der Waals surface area contributed by atoms with E-state index in [2.05, 4.69) is 26.0 Å². The molecule has 0 bridgehead atoms. The molecule has 2 amide bonds. The van der Waals surface area contributed by atoms with Crippen molar-refractivity contribution in [1.29, 1.82) is 0 Å². The fourth-order valence-electron chi connectivity index (χ4n) is 1.96. The summed E-state index contributed by atoms with van der Waals surface area (Å²) in [6.07, 6.45) is 0.633. The largest absolute Gasteiger partial charge is 1.00 e. The first-order valence-electron chi connectivity index (χ1n) is 6.15. The van der Waals surface area contributed by atoms with Crippen LogP contribution < -0.4 is 56.8 Å². The number of β-lactam (4-membered cyclic amide) rings is 1. The van der Waals surface area contributed by atoms with Crippen LogP contribution >= 0.6 is 0 Å². The van der Waals surface area contributed by atoms with Crippen molar-refractivity contribution in [2.24, 2.45) is 0 Å². The Morgan fingerprint density at radius 2 is 2.24 bits per heavy atom. The summed E-state index contributed by atoms with van der Waals surface area (Å²) in [7, 11) is 0. The Labute approximate surface area is 164 Å². The molecular formula is C12H13KN6O2. The van der Waals surface area contributed by atoms with Gasteiger partial charge in [-0.2, -0.15) is 5.21 Å². The molecule has 2 heterocycles. The maximum absolute atomic E-state index is 11.9. The Morgan fingerprint density at radius 1 is 1.43 bits per heavy atom. The summed E-state index contributed by atoms with van der Waals surface area (Å²) in [6.45, 7) is 0.567. The van der Waals surface area contributed by atoms with Crippen molar-refractivity contribution in [3.63, 3.8) is 0 Å². The fourth-order valence-corrected chi connectivity index (χ4v) is 1.96. The second kappa shape index (κ2) is 7.23. The number of hydrogen-bond acceptors (Lipinski definition) is 5. The van der Waals surface area contributed by atoms with Crippen LogP contribution in [0, 0.1) is 0 Å². The number of tetrazole rings is 1. The van der Waals surface area contributed by atoms with Crippen LogP contribution in [-0.4, -0.2) is 44.0 Å². The van der Waals surface area contributed by atoms with Crippen LogP contribution in [0.3, 0.4) is 0 Å². The van der Waals surface area contributed by atoms with Crippen molar-refractivity contribution in [2.45, 2.75) is 12.8 Å². The molecule has 2 aromatic rings. The molecule has 1 aliphatic rings. The molecule has 2 N–H and O–H groups in total. The summed E-state index contributed by atoms with van der Waals surface area (Å²) in [6, 6.07) is 7.32. The number of hydrazine groups is 1. The van der Waals surface area contributed by atoms with Gasteiger partial charge in [0.1, 0.15) is 0 Å².